The standard InChI is InChI=1S/C8H17BO3/c1-10-5-8-7(11-2)3-6(9)4-12-8/h6-8H,3-5,9H2,1-2H3/t6-,7?,8?/m1/s1. The minimum atomic E-state index is 0.121. The maximum Gasteiger partial charge on any atom is 0.108 e. The van der Waals surface area contributed by atoms with Crippen LogP contribution in [0.5, 0.6) is 0 Å². The van der Waals surface area contributed by atoms with Crippen molar-refractivity contribution in [3.63, 3.8) is 0 Å². The highest BCUT2D eigenvalue weighted by atomic mass is 16.6. The highest BCUT2D eigenvalue weighted by molar-refractivity contribution is 6.11. The summed E-state index contributed by atoms with van der Waals surface area (Å²) in [6, 6.07) is 0. The minimum Gasteiger partial charge on any atom is -0.382 e. The van der Waals surface area contributed by atoms with E-state index >= 15 is 0 Å². The van der Waals surface area contributed by atoms with Crippen LogP contribution in [0.15, 0.2) is 0 Å². The van der Waals surface area contributed by atoms with Crippen LogP contribution < -0.4 is 0 Å². The van der Waals surface area contributed by atoms with Gasteiger partial charge in [0.15, 0.2) is 0 Å². The molecule has 0 saturated carbocycles. The lowest BCUT2D eigenvalue weighted by Crippen LogP contribution is -2.40. The topological polar surface area (TPSA) is 27.7 Å². The van der Waals surface area contributed by atoms with E-state index in [1.807, 2.05) is 0 Å². The molecule has 1 aliphatic rings. The van der Waals surface area contributed by atoms with Gasteiger partial charge in [-0.2, -0.15) is 0 Å². The lowest BCUT2D eigenvalue weighted by atomic mass is 9.80. The maximum absolute atomic E-state index is 5.58. The van der Waals surface area contributed by atoms with Gasteiger partial charge in [0, 0.05) is 20.8 Å². The average molecular weight is 172 g/mol. The van der Waals surface area contributed by atoms with Crippen molar-refractivity contribution in [2.24, 2.45) is 0 Å². The van der Waals surface area contributed by atoms with Gasteiger partial charge in [0.05, 0.1) is 12.7 Å². The van der Waals surface area contributed by atoms with Gasteiger partial charge < -0.3 is 14.2 Å². The third kappa shape index (κ3) is 2.47. The van der Waals surface area contributed by atoms with Crippen LogP contribution in [0.2, 0.25) is 5.82 Å². The van der Waals surface area contributed by atoms with Crippen molar-refractivity contribution in [3.05, 3.63) is 0 Å². The first-order chi connectivity index (χ1) is 5.77. The minimum absolute atomic E-state index is 0.121. The molecule has 2 unspecified atom stereocenters. The van der Waals surface area contributed by atoms with E-state index in [9.17, 15) is 0 Å². The zero-order chi connectivity index (χ0) is 8.97. The van der Waals surface area contributed by atoms with E-state index in [2.05, 4.69) is 7.85 Å². The molecule has 0 radical (unpaired) electrons. The third-order valence-corrected chi connectivity index (χ3v) is 2.28. The molecule has 3 atom stereocenters. The molecule has 1 aliphatic heterocycles. The molecule has 1 fully saturated rings. The van der Waals surface area contributed by atoms with Crippen molar-refractivity contribution in [2.75, 3.05) is 27.4 Å². The van der Waals surface area contributed by atoms with E-state index in [1.54, 1.807) is 14.2 Å². The Hall–Kier alpha value is -0.0551. The lowest BCUT2D eigenvalue weighted by molar-refractivity contribution is -0.113. The fourth-order valence-corrected chi connectivity index (χ4v) is 1.58. The molecule has 12 heavy (non-hydrogen) atoms. The fraction of sp³-hybridized carbons (Fsp3) is 1.00. The van der Waals surface area contributed by atoms with Crippen LogP contribution in [-0.2, 0) is 14.2 Å². The summed E-state index contributed by atoms with van der Waals surface area (Å²) in [7, 11) is 5.60. The molecule has 1 rings (SSSR count). The fourth-order valence-electron chi connectivity index (χ4n) is 1.58. The highest BCUT2D eigenvalue weighted by Gasteiger charge is 2.29. The van der Waals surface area contributed by atoms with Crippen molar-refractivity contribution < 1.29 is 14.2 Å². The van der Waals surface area contributed by atoms with E-state index in [1.165, 1.54) is 0 Å². The monoisotopic (exact) mass is 172 g/mol. The molecule has 1 saturated heterocycles. The van der Waals surface area contributed by atoms with E-state index in [0.29, 0.717) is 12.4 Å². The highest BCUT2D eigenvalue weighted by Crippen LogP contribution is 2.23. The van der Waals surface area contributed by atoms with Crippen LogP contribution >= 0.6 is 0 Å². The zero-order valence-electron chi connectivity index (χ0n) is 8.08. The van der Waals surface area contributed by atoms with E-state index in [4.69, 9.17) is 14.2 Å². The molecule has 0 aromatic carbocycles. The SMILES string of the molecule is B[C@H]1COC(COC)C(OC)C1. The molecule has 0 spiro atoms. The van der Waals surface area contributed by atoms with Crippen LogP contribution in [0.3, 0.4) is 0 Å². The Kier molecular flexibility index (Phi) is 4.05. The normalized spacial score (nSPS) is 36.7. The van der Waals surface area contributed by atoms with E-state index in [-0.39, 0.29) is 12.2 Å². The predicted molar refractivity (Wildman–Crippen MR) is 49.3 cm³/mol. The second kappa shape index (κ2) is 4.85. The van der Waals surface area contributed by atoms with Crippen molar-refractivity contribution in [1.29, 1.82) is 0 Å². The van der Waals surface area contributed by atoms with Gasteiger partial charge in [-0.05, 0) is 12.2 Å². The average Bonchev–Trinajstić information content (AvgIpc) is 2.08. The summed E-state index contributed by atoms with van der Waals surface area (Å²) in [6.45, 7) is 1.46. The first kappa shape index (κ1) is 10.0. The van der Waals surface area contributed by atoms with Gasteiger partial charge in [0.1, 0.15) is 14.0 Å². The summed E-state index contributed by atoms with van der Waals surface area (Å²) in [4.78, 5) is 0. The Bertz CT molecular complexity index is 131. The summed E-state index contributed by atoms with van der Waals surface area (Å²) < 4.78 is 15.9. The summed E-state index contributed by atoms with van der Waals surface area (Å²) in [5, 5.41) is 0. The third-order valence-electron chi connectivity index (χ3n) is 2.28. The Morgan fingerprint density at radius 2 is 2.25 bits per heavy atom. The molecule has 0 aliphatic carbocycles. The Morgan fingerprint density at radius 3 is 2.83 bits per heavy atom. The van der Waals surface area contributed by atoms with Crippen molar-refractivity contribution in [1.82, 2.24) is 0 Å². The van der Waals surface area contributed by atoms with Crippen LogP contribution in [0.25, 0.3) is 0 Å². The molecular formula is C8H17BO3. The quantitative estimate of drug-likeness (QED) is 0.554. The molecule has 0 aromatic rings. The molecule has 4 heteroatoms. The van der Waals surface area contributed by atoms with Gasteiger partial charge >= 0.3 is 0 Å². The number of hydrogen-bond donors (Lipinski definition) is 0. The van der Waals surface area contributed by atoms with Gasteiger partial charge in [-0.15, -0.1) is 0 Å². The number of ether oxygens (including phenoxy) is 3. The molecule has 1 heterocycles. The summed E-state index contributed by atoms with van der Waals surface area (Å²) in [5.74, 6) is 0.600. The predicted octanol–water partition coefficient (Wildman–Crippen LogP) is -0.142. The molecule has 0 N–H and O–H groups in total. The Morgan fingerprint density at radius 1 is 1.50 bits per heavy atom. The second-order valence-corrected chi connectivity index (χ2v) is 3.44. The lowest BCUT2D eigenvalue weighted by Gasteiger charge is -2.33. The van der Waals surface area contributed by atoms with Crippen molar-refractivity contribution in [3.8, 4) is 0 Å². The van der Waals surface area contributed by atoms with Crippen LogP contribution in [0.4, 0.5) is 0 Å². The Labute approximate surface area is 74.8 Å². The van der Waals surface area contributed by atoms with Crippen molar-refractivity contribution in [2.45, 2.75) is 24.4 Å². The Balaban J connectivity index is 2.39. The molecule has 3 nitrogen and oxygen atoms in total. The second-order valence-electron chi connectivity index (χ2n) is 3.44. The number of rotatable bonds is 3. The zero-order valence-corrected chi connectivity index (χ0v) is 8.08. The van der Waals surface area contributed by atoms with Gasteiger partial charge in [-0.1, -0.05) is 0 Å². The molecule has 0 bridgehead atoms. The molecular weight excluding hydrogens is 155 g/mol. The summed E-state index contributed by atoms with van der Waals surface area (Å²) in [5.41, 5.74) is 0. The van der Waals surface area contributed by atoms with E-state index in [0.717, 1.165) is 13.0 Å². The van der Waals surface area contributed by atoms with Crippen LogP contribution in [0, 0.1) is 0 Å². The van der Waals surface area contributed by atoms with Gasteiger partial charge in [-0.25, -0.2) is 0 Å². The maximum atomic E-state index is 5.58. The van der Waals surface area contributed by atoms with Gasteiger partial charge in [0.25, 0.3) is 0 Å². The first-order valence-corrected chi connectivity index (χ1v) is 4.41. The number of hydrogen-bond acceptors (Lipinski definition) is 3. The van der Waals surface area contributed by atoms with Crippen LogP contribution in [0.1, 0.15) is 6.42 Å². The largest absolute Gasteiger partial charge is 0.382 e. The van der Waals surface area contributed by atoms with Gasteiger partial charge in [-0.3, -0.25) is 0 Å². The molecule has 70 valence electrons. The van der Waals surface area contributed by atoms with Crippen molar-refractivity contribution >= 4 is 7.85 Å². The smallest absolute Gasteiger partial charge is 0.108 e. The first-order valence-electron chi connectivity index (χ1n) is 4.41. The van der Waals surface area contributed by atoms with Gasteiger partial charge in [0.2, 0.25) is 0 Å². The summed E-state index contributed by atoms with van der Waals surface area (Å²) in [6.07, 6.45) is 1.40. The molecule has 0 amide bonds. The molecule has 0 aromatic heterocycles. The van der Waals surface area contributed by atoms with Crippen LogP contribution in [-0.4, -0.2) is 47.5 Å². The summed E-state index contributed by atoms with van der Waals surface area (Å²) >= 11 is 0. The van der Waals surface area contributed by atoms with E-state index < -0.39 is 0 Å². The number of methoxy groups -OCH3 is 2.